The van der Waals surface area contributed by atoms with Gasteiger partial charge >= 0.3 is 0 Å². The summed E-state index contributed by atoms with van der Waals surface area (Å²) in [6.07, 6.45) is 3.70. The summed E-state index contributed by atoms with van der Waals surface area (Å²) >= 11 is 3.46. The Balaban J connectivity index is 1.52. The number of hydrogen-bond acceptors (Lipinski definition) is 6. The Morgan fingerprint density at radius 1 is 1.11 bits per heavy atom. The maximum atomic E-state index is 9.92. The standard InChI is InChI=1S/C22H26N2O2S2/c1-26-20-5-2-4-16(12-20)13-24(18-7-9-19(25)10-8-18)14-17-15-28-22(23-17)21-6-3-11-27-21/h2-6,11-12,15,18-19,25H,7-10,13-14H2,1H3. The molecule has 1 fully saturated rings. The van der Waals surface area contributed by atoms with Crippen molar-refractivity contribution in [3.63, 3.8) is 0 Å². The SMILES string of the molecule is COc1cccc(CN(Cc2csc(-c3cccs3)n2)C2CCC(O)CC2)c1. The molecule has 0 unspecified atom stereocenters. The summed E-state index contributed by atoms with van der Waals surface area (Å²) in [4.78, 5) is 8.65. The fourth-order valence-electron chi connectivity index (χ4n) is 3.84. The van der Waals surface area contributed by atoms with Crippen molar-refractivity contribution in [3.05, 3.63) is 58.4 Å². The molecule has 1 aliphatic rings. The van der Waals surface area contributed by atoms with E-state index in [1.54, 1.807) is 29.8 Å². The quantitative estimate of drug-likeness (QED) is 0.578. The van der Waals surface area contributed by atoms with Crippen molar-refractivity contribution in [2.24, 2.45) is 0 Å². The molecule has 2 aromatic heterocycles. The van der Waals surface area contributed by atoms with Crippen LogP contribution in [0.3, 0.4) is 0 Å². The Hall–Kier alpha value is -1.73. The van der Waals surface area contributed by atoms with E-state index in [1.165, 1.54) is 10.4 Å². The van der Waals surface area contributed by atoms with Gasteiger partial charge in [-0.3, -0.25) is 4.90 Å². The smallest absolute Gasteiger partial charge is 0.133 e. The number of aliphatic hydroxyl groups is 1. The number of aliphatic hydroxyl groups excluding tert-OH is 1. The first-order chi connectivity index (χ1) is 13.7. The van der Waals surface area contributed by atoms with Crippen molar-refractivity contribution in [1.29, 1.82) is 0 Å². The Kier molecular flexibility index (Phi) is 6.42. The van der Waals surface area contributed by atoms with E-state index in [4.69, 9.17) is 9.72 Å². The van der Waals surface area contributed by atoms with E-state index < -0.39 is 0 Å². The van der Waals surface area contributed by atoms with Crippen molar-refractivity contribution in [2.45, 2.75) is 50.9 Å². The van der Waals surface area contributed by atoms with Crippen LogP contribution in [0.25, 0.3) is 9.88 Å². The molecule has 28 heavy (non-hydrogen) atoms. The van der Waals surface area contributed by atoms with Gasteiger partial charge in [0.05, 0.1) is 23.8 Å². The lowest BCUT2D eigenvalue weighted by Gasteiger charge is -2.35. The van der Waals surface area contributed by atoms with Crippen LogP contribution in [-0.4, -0.2) is 34.2 Å². The number of thiophene rings is 1. The fraction of sp³-hybridized carbons (Fsp3) is 0.409. The third-order valence-electron chi connectivity index (χ3n) is 5.35. The van der Waals surface area contributed by atoms with Gasteiger partial charge in [0.25, 0.3) is 0 Å². The second-order valence-electron chi connectivity index (χ2n) is 7.34. The zero-order valence-electron chi connectivity index (χ0n) is 16.1. The van der Waals surface area contributed by atoms with Crippen molar-refractivity contribution in [2.75, 3.05) is 7.11 Å². The van der Waals surface area contributed by atoms with E-state index >= 15 is 0 Å². The van der Waals surface area contributed by atoms with E-state index in [2.05, 4.69) is 46.0 Å². The van der Waals surface area contributed by atoms with E-state index in [-0.39, 0.29) is 6.10 Å². The molecule has 0 radical (unpaired) electrons. The number of methoxy groups -OCH3 is 1. The zero-order valence-corrected chi connectivity index (χ0v) is 17.7. The van der Waals surface area contributed by atoms with Gasteiger partial charge in [-0.1, -0.05) is 18.2 Å². The predicted octanol–water partition coefficient (Wildman–Crippen LogP) is 5.19. The maximum Gasteiger partial charge on any atom is 0.133 e. The molecule has 2 heterocycles. The zero-order chi connectivity index (χ0) is 19.3. The Bertz CT molecular complexity index is 870. The van der Waals surface area contributed by atoms with E-state index in [0.717, 1.165) is 55.2 Å². The second kappa shape index (κ2) is 9.18. The normalized spacial score (nSPS) is 19.8. The van der Waals surface area contributed by atoms with Crippen LogP contribution in [0.4, 0.5) is 0 Å². The average molecular weight is 415 g/mol. The minimum atomic E-state index is -0.139. The van der Waals surface area contributed by atoms with E-state index in [1.807, 2.05) is 6.07 Å². The van der Waals surface area contributed by atoms with Gasteiger partial charge < -0.3 is 9.84 Å². The van der Waals surface area contributed by atoms with Gasteiger partial charge in [0.15, 0.2) is 0 Å². The molecule has 6 heteroatoms. The highest BCUT2D eigenvalue weighted by Crippen LogP contribution is 2.30. The van der Waals surface area contributed by atoms with Crippen LogP contribution in [0.1, 0.15) is 36.9 Å². The molecule has 0 spiro atoms. The molecule has 1 aromatic carbocycles. The van der Waals surface area contributed by atoms with Gasteiger partial charge in [-0.25, -0.2) is 4.98 Å². The van der Waals surface area contributed by atoms with Gasteiger partial charge in [-0.2, -0.15) is 0 Å². The molecule has 0 atom stereocenters. The summed E-state index contributed by atoms with van der Waals surface area (Å²) in [6, 6.07) is 13.0. The second-order valence-corrected chi connectivity index (χ2v) is 9.15. The van der Waals surface area contributed by atoms with Gasteiger partial charge in [0.2, 0.25) is 0 Å². The lowest BCUT2D eigenvalue weighted by molar-refractivity contribution is 0.0661. The van der Waals surface area contributed by atoms with Gasteiger partial charge in [-0.15, -0.1) is 22.7 Å². The van der Waals surface area contributed by atoms with Crippen molar-refractivity contribution < 1.29 is 9.84 Å². The lowest BCUT2D eigenvalue weighted by atomic mass is 9.91. The number of rotatable bonds is 7. The molecular formula is C22H26N2O2S2. The number of nitrogens with zero attached hydrogens (tertiary/aromatic N) is 2. The van der Waals surface area contributed by atoms with Crippen LogP contribution in [0, 0.1) is 0 Å². The molecule has 0 bridgehead atoms. The predicted molar refractivity (Wildman–Crippen MR) is 116 cm³/mol. The van der Waals surface area contributed by atoms with Crippen molar-refractivity contribution >= 4 is 22.7 Å². The molecular weight excluding hydrogens is 388 g/mol. The minimum absolute atomic E-state index is 0.139. The topological polar surface area (TPSA) is 45.6 Å². The van der Waals surface area contributed by atoms with Gasteiger partial charge in [-0.05, 0) is 54.8 Å². The number of thiazole rings is 1. The molecule has 1 N–H and O–H groups in total. The average Bonchev–Trinajstić information content (AvgIpc) is 3.40. The molecule has 4 nitrogen and oxygen atoms in total. The lowest BCUT2D eigenvalue weighted by Crippen LogP contribution is -2.38. The highest BCUT2D eigenvalue weighted by Gasteiger charge is 2.26. The summed E-state index contributed by atoms with van der Waals surface area (Å²) in [5.41, 5.74) is 2.38. The van der Waals surface area contributed by atoms with E-state index in [9.17, 15) is 5.11 Å². The van der Waals surface area contributed by atoms with Crippen LogP contribution in [-0.2, 0) is 13.1 Å². The Labute approximate surface area is 174 Å². The first-order valence-corrected chi connectivity index (χ1v) is 11.5. The summed E-state index contributed by atoms with van der Waals surface area (Å²) in [7, 11) is 1.71. The monoisotopic (exact) mass is 414 g/mol. The fourth-order valence-corrected chi connectivity index (χ4v) is 5.47. The van der Waals surface area contributed by atoms with Crippen molar-refractivity contribution in [3.8, 4) is 15.6 Å². The van der Waals surface area contributed by atoms with Crippen LogP contribution >= 0.6 is 22.7 Å². The molecule has 0 aliphatic heterocycles. The first kappa shape index (κ1) is 19.6. The van der Waals surface area contributed by atoms with Crippen LogP contribution in [0.15, 0.2) is 47.2 Å². The molecule has 1 aliphatic carbocycles. The number of aromatic nitrogens is 1. The third-order valence-corrected chi connectivity index (χ3v) is 7.28. The summed E-state index contributed by atoms with van der Waals surface area (Å²) < 4.78 is 5.40. The number of hydrogen-bond donors (Lipinski definition) is 1. The minimum Gasteiger partial charge on any atom is -0.497 e. The Morgan fingerprint density at radius 2 is 1.96 bits per heavy atom. The largest absolute Gasteiger partial charge is 0.497 e. The summed E-state index contributed by atoms with van der Waals surface area (Å²) in [6.45, 7) is 1.70. The molecule has 4 rings (SSSR count). The molecule has 0 saturated heterocycles. The van der Waals surface area contributed by atoms with Gasteiger partial charge in [0, 0.05) is 24.5 Å². The maximum absolute atomic E-state index is 9.92. The highest BCUT2D eigenvalue weighted by molar-refractivity contribution is 7.20. The van der Waals surface area contributed by atoms with E-state index in [0.29, 0.717) is 6.04 Å². The molecule has 3 aromatic rings. The van der Waals surface area contributed by atoms with Crippen LogP contribution in [0.5, 0.6) is 5.75 Å². The summed E-state index contributed by atoms with van der Waals surface area (Å²) in [5, 5.41) is 15.3. The molecule has 0 amide bonds. The number of benzene rings is 1. The van der Waals surface area contributed by atoms with Crippen LogP contribution in [0.2, 0.25) is 0 Å². The highest BCUT2D eigenvalue weighted by atomic mass is 32.1. The third kappa shape index (κ3) is 4.81. The van der Waals surface area contributed by atoms with Crippen LogP contribution < -0.4 is 4.74 Å². The molecule has 148 valence electrons. The van der Waals surface area contributed by atoms with Gasteiger partial charge in [0.1, 0.15) is 10.8 Å². The first-order valence-electron chi connectivity index (χ1n) is 9.74. The molecule has 1 saturated carbocycles. The summed E-state index contributed by atoms with van der Waals surface area (Å²) in [5.74, 6) is 0.894. The number of ether oxygens (including phenoxy) is 1. The Morgan fingerprint density at radius 3 is 2.71 bits per heavy atom. The van der Waals surface area contributed by atoms with Crippen molar-refractivity contribution in [1.82, 2.24) is 9.88 Å².